The third-order valence-corrected chi connectivity index (χ3v) is 5.02. The molecule has 1 atom stereocenters. The minimum Gasteiger partial charge on any atom is -0.440 e. The van der Waals surface area contributed by atoms with Gasteiger partial charge in [0.2, 0.25) is 5.88 Å². The molecule has 7 heteroatoms. The van der Waals surface area contributed by atoms with Crippen molar-refractivity contribution in [1.82, 2.24) is 4.57 Å². The second kappa shape index (κ2) is 6.47. The Morgan fingerprint density at radius 2 is 2.04 bits per heavy atom. The van der Waals surface area contributed by atoms with Gasteiger partial charge in [0.15, 0.2) is 0 Å². The SMILES string of the molecule is CCn1c(C)cc2c(c1=O)C(c1ccc(Cl)c(Cl)c1)C(C#N)=C(N)O2. The molecule has 2 heterocycles. The molecule has 1 aliphatic heterocycles. The standard InChI is InChI=1S/C18H15Cl2N3O2/c1-3-23-9(2)6-14-16(18(23)24)15(11(8-21)17(22)25-14)10-4-5-12(19)13(20)7-10/h4-7,15H,3,22H2,1-2H3. The maximum Gasteiger partial charge on any atom is 0.258 e. The number of halogens is 2. The Labute approximate surface area is 154 Å². The summed E-state index contributed by atoms with van der Waals surface area (Å²) >= 11 is 12.1. The zero-order valence-corrected chi connectivity index (χ0v) is 15.1. The summed E-state index contributed by atoms with van der Waals surface area (Å²) in [7, 11) is 0. The van der Waals surface area contributed by atoms with Crippen molar-refractivity contribution in [1.29, 1.82) is 5.26 Å². The van der Waals surface area contributed by atoms with Crippen molar-refractivity contribution in [3.8, 4) is 11.8 Å². The van der Waals surface area contributed by atoms with Gasteiger partial charge in [0.05, 0.1) is 21.5 Å². The van der Waals surface area contributed by atoms with Crippen molar-refractivity contribution in [2.45, 2.75) is 26.3 Å². The molecule has 128 valence electrons. The summed E-state index contributed by atoms with van der Waals surface area (Å²) in [5.74, 6) is -0.312. The number of allylic oxidation sites excluding steroid dienone is 1. The van der Waals surface area contributed by atoms with Crippen molar-refractivity contribution in [3.05, 3.63) is 72.9 Å². The minimum absolute atomic E-state index is 0.0147. The molecule has 1 aromatic carbocycles. The van der Waals surface area contributed by atoms with Gasteiger partial charge in [-0.1, -0.05) is 29.3 Å². The molecule has 0 radical (unpaired) electrons. The van der Waals surface area contributed by atoms with Crippen molar-refractivity contribution in [3.63, 3.8) is 0 Å². The molecule has 0 fully saturated rings. The number of rotatable bonds is 2. The fourth-order valence-electron chi connectivity index (χ4n) is 3.10. The van der Waals surface area contributed by atoms with Crippen LogP contribution >= 0.6 is 23.2 Å². The first kappa shape index (κ1) is 17.4. The number of hydrogen-bond donors (Lipinski definition) is 1. The number of aryl methyl sites for hydroxylation is 1. The largest absolute Gasteiger partial charge is 0.440 e. The maximum absolute atomic E-state index is 13.0. The average molecular weight is 376 g/mol. The maximum atomic E-state index is 13.0. The van der Waals surface area contributed by atoms with E-state index in [1.165, 1.54) is 0 Å². The van der Waals surface area contributed by atoms with E-state index >= 15 is 0 Å². The van der Waals surface area contributed by atoms with Gasteiger partial charge < -0.3 is 15.0 Å². The van der Waals surface area contributed by atoms with Crippen LogP contribution in [0, 0.1) is 18.3 Å². The van der Waals surface area contributed by atoms with Crippen LogP contribution in [0.1, 0.15) is 29.7 Å². The summed E-state index contributed by atoms with van der Waals surface area (Å²) in [6.07, 6.45) is 0. The van der Waals surface area contributed by atoms with Crippen molar-refractivity contribution < 1.29 is 4.74 Å². The van der Waals surface area contributed by atoms with Crippen LogP contribution < -0.4 is 16.0 Å². The van der Waals surface area contributed by atoms with Crippen molar-refractivity contribution in [2.24, 2.45) is 5.73 Å². The highest BCUT2D eigenvalue weighted by atomic mass is 35.5. The van der Waals surface area contributed by atoms with Crippen LogP contribution in [0.5, 0.6) is 5.75 Å². The van der Waals surface area contributed by atoms with E-state index < -0.39 is 5.92 Å². The van der Waals surface area contributed by atoms with Gasteiger partial charge in [0.1, 0.15) is 17.4 Å². The smallest absolute Gasteiger partial charge is 0.258 e. The molecule has 5 nitrogen and oxygen atoms in total. The van der Waals surface area contributed by atoms with E-state index in [0.717, 1.165) is 5.69 Å². The number of pyridine rings is 1. The first-order chi connectivity index (χ1) is 11.9. The second-order valence-corrected chi connectivity index (χ2v) is 6.53. The molecule has 1 aliphatic rings. The van der Waals surface area contributed by atoms with Crippen LogP contribution in [0.4, 0.5) is 0 Å². The zero-order chi connectivity index (χ0) is 18.3. The Bertz CT molecular complexity index is 1000. The van der Waals surface area contributed by atoms with Gasteiger partial charge in [-0.05, 0) is 31.5 Å². The molecular weight excluding hydrogens is 361 g/mol. The lowest BCUT2D eigenvalue weighted by molar-refractivity contribution is 0.388. The van der Waals surface area contributed by atoms with Gasteiger partial charge in [-0.25, -0.2) is 0 Å². The molecule has 3 rings (SSSR count). The second-order valence-electron chi connectivity index (χ2n) is 5.71. The van der Waals surface area contributed by atoms with Crippen LogP contribution in [-0.2, 0) is 6.54 Å². The zero-order valence-electron chi connectivity index (χ0n) is 13.6. The molecule has 0 saturated heterocycles. The van der Waals surface area contributed by atoms with Gasteiger partial charge in [-0.15, -0.1) is 0 Å². The quantitative estimate of drug-likeness (QED) is 0.867. The van der Waals surface area contributed by atoms with E-state index in [2.05, 4.69) is 6.07 Å². The minimum atomic E-state index is -0.658. The summed E-state index contributed by atoms with van der Waals surface area (Å²) in [4.78, 5) is 13.0. The molecular formula is C18H15Cl2N3O2. The third-order valence-electron chi connectivity index (χ3n) is 4.28. The molecule has 2 aromatic rings. The van der Waals surface area contributed by atoms with Gasteiger partial charge in [0, 0.05) is 18.3 Å². The summed E-state index contributed by atoms with van der Waals surface area (Å²) in [6, 6.07) is 8.82. The number of benzene rings is 1. The number of aromatic nitrogens is 1. The predicted octanol–water partition coefficient (Wildman–Crippen LogP) is 3.70. The number of fused-ring (bicyclic) bond motifs is 1. The summed E-state index contributed by atoms with van der Waals surface area (Å²) in [6.45, 7) is 4.21. The van der Waals surface area contributed by atoms with Crippen LogP contribution in [0.3, 0.4) is 0 Å². The number of hydrogen-bond acceptors (Lipinski definition) is 4. The Kier molecular flexibility index (Phi) is 4.51. The Morgan fingerprint density at radius 3 is 2.64 bits per heavy atom. The van der Waals surface area contributed by atoms with E-state index in [-0.39, 0.29) is 17.0 Å². The van der Waals surface area contributed by atoms with Crippen LogP contribution in [0.25, 0.3) is 0 Å². The molecule has 0 bridgehead atoms. The van der Waals surface area contributed by atoms with Crippen LogP contribution in [0.2, 0.25) is 10.0 Å². The lowest BCUT2D eigenvalue weighted by Crippen LogP contribution is -2.32. The normalized spacial score (nSPS) is 16.2. The number of nitrogens with two attached hydrogens (primary N) is 1. The van der Waals surface area contributed by atoms with Crippen LogP contribution in [0.15, 0.2) is 40.5 Å². The van der Waals surface area contributed by atoms with E-state index in [1.54, 1.807) is 28.8 Å². The van der Waals surface area contributed by atoms with Crippen molar-refractivity contribution in [2.75, 3.05) is 0 Å². The summed E-state index contributed by atoms with van der Waals surface area (Å²) < 4.78 is 7.19. The first-order valence-corrected chi connectivity index (χ1v) is 8.41. The van der Waals surface area contributed by atoms with Gasteiger partial charge >= 0.3 is 0 Å². The molecule has 0 saturated carbocycles. The highest BCUT2D eigenvalue weighted by Crippen LogP contribution is 2.41. The highest BCUT2D eigenvalue weighted by Gasteiger charge is 2.34. The summed E-state index contributed by atoms with van der Waals surface area (Å²) in [5.41, 5.74) is 7.68. The van der Waals surface area contributed by atoms with Gasteiger partial charge in [-0.2, -0.15) is 5.26 Å². The molecule has 1 aromatic heterocycles. The summed E-state index contributed by atoms with van der Waals surface area (Å²) in [5, 5.41) is 10.3. The average Bonchev–Trinajstić information content (AvgIpc) is 2.56. The number of ether oxygens (including phenoxy) is 1. The Hall–Kier alpha value is -2.42. The lowest BCUT2D eigenvalue weighted by Gasteiger charge is -2.27. The number of nitrogens with zero attached hydrogens (tertiary/aromatic N) is 2. The van der Waals surface area contributed by atoms with E-state index in [4.69, 9.17) is 33.7 Å². The number of nitriles is 1. The molecule has 1 unspecified atom stereocenters. The Balaban J connectivity index is 2.35. The monoisotopic (exact) mass is 375 g/mol. The Morgan fingerprint density at radius 1 is 1.32 bits per heavy atom. The topological polar surface area (TPSA) is 81.0 Å². The highest BCUT2D eigenvalue weighted by molar-refractivity contribution is 6.42. The molecule has 0 amide bonds. The van der Waals surface area contributed by atoms with Gasteiger partial charge in [0.25, 0.3) is 5.56 Å². The fourth-order valence-corrected chi connectivity index (χ4v) is 3.41. The van der Waals surface area contributed by atoms with E-state index in [1.807, 2.05) is 13.8 Å². The van der Waals surface area contributed by atoms with Crippen molar-refractivity contribution >= 4 is 23.2 Å². The molecule has 0 aliphatic carbocycles. The third kappa shape index (κ3) is 2.78. The first-order valence-electron chi connectivity index (χ1n) is 7.65. The van der Waals surface area contributed by atoms with E-state index in [9.17, 15) is 10.1 Å². The van der Waals surface area contributed by atoms with Crippen LogP contribution in [-0.4, -0.2) is 4.57 Å². The van der Waals surface area contributed by atoms with E-state index in [0.29, 0.717) is 33.5 Å². The van der Waals surface area contributed by atoms with Gasteiger partial charge in [-0.3, -0.25) is 4.79 Å². The predicted molar refractivity (Wildman–Crippen MR) is 96.9 cm³/mol. The molecule has 25 heavy (non-hydrogen) atoms. The fraction of sp³-hybridized carbons (Fsp3) is 0.222. The lowest BCUT2D eigenvalue weighted by atomic mass is 9.84. The molecule has 2 N–H and O–H groups in total. The molecule has 0 spiro atoms.